The van der Waals surface area contributed by atoms with Crippen LogP contribution in [-0.2, 0) is 0 Å². The molecular formula is C13H20N. The molecule has 1 aromatic carbocycles. The number of hydrogen-bond donors (Lipinski definition) is 1. The normalized spacial score (nSPS) is 10.1. The number of unbranched alkanes of at least 4 members (excludes halogenated alkanes) is 2. The Morgan fingerprint density at radius 2 is 2.00 bits per heavy atom. The number of para-hydroxylation sites is 1. The van der Waals surface area contributed by atoms with Crippen molar-refractivity contribution in [1.29, 1.82) is 0 Å². The Kier molecular flexibility index (Phi) is 5.13. The molecule has 1 aromatic rings. The quantitative estimate of drug-likeness (QED) is 0.672. The summed E-state index contributed by atoms with van der Waals surface area (Å²) in [5.41, 5.74) is 2.55. The summed E-state index contributed by atoms with van der Waals surface area (Å²) in [5, 5.41) is 3.47. The molecule has 0 aliphatic rings. The maximum atomic E-state index is 3.47. The van der Waals surface area contributed by atoms with Crippen LogP contribution in [0.1, 0.15) is 38.7 Å². The maximum Gasteiger partial charge on any atom is 0.0375 e. The first kappa shape index (κ1) is 11.1. The van der Waals surface area contributed by atoms with Gasteiger partial charge in [-0.25, -0.2) is 0 Å². The van der Waals surface area contributed by atoms with E-state index in [4.69, 9.17) is 0 Å². The molecule has 1 heteroatoms. The van der Waals surface area contributed by atoms with Gasteiger partial charge in [0.15, 0.2) is 0 Å². The van der Waals surface area contributed by atoms with Gasteiger partial charge in [-0.15, -0.1) is 0 Å². The molecule has 1 nitrogen and oxygen atoms in total. The van der Waals surface area contributed by atoms with Gasteiger partial charge in [0, 0.05) is 12.2 Å². The fourth-order valence-electron chi connectivity index (χ4n) is 1.51. The van der Waals surface area contributed by atoms with E-state index in [1.165, 1.54) is 30.5 Å². The largest absolute Gasteiger partial charge is 0.385 e. The second-order valence-corrected chi connectivity index (χ2v) is 3.51. The number of hydrogen-bond acceptors (Lipinski definition) is 1. The van der Waals surface area contributed by atoms with Gasteiger partial charge in [0.2, 0.25) is 0 Å². The third-order valence-corrected chi connectivity index (χ3v) is 2.37. The van der Waals surface area contributed by atoms with Gasteiger partial charge in [-0.3, -0.25) is 0 Å². The SMILES string of the molecule is C[CH]c1ccccc1NCCCCC. The summed E-state index contributed by atoms with van der Waals surface area (Å²) in [6.07, 6.45) is 5.99. The van der Waals surface area contributed by atoms with Crippen LogP contribution >= 0.6 is 0 Å². The molecule has 0 aliphatic heterocycles. The molecule has 1 N–H and O–H groups in total. The zero-order valence-electron chi connectivity index (χ0n) is 9.22. The Morgan fingerprint density at radius 3 is 2.71 bits per heavy atom. The topological polar surface area (TPSA) is 12.0 Å². The first-order valence-electron chi connectivity index (χ1n) is 5.50. The highest BCUT2D eigenvalue weighted by atomic mass is 14.9. The zero-order chi connectivity index (χ0) is 10.2. The van der Waals surface area contributed by atoms with Gasteiger partial charge < -0.3 is 5.32 Å². The van der Waals surface area contributed by atoms with Crippen LogP contribution in [0, 0.1) is 6.42 Å². The van der Waals surface area contributed by atoms with E-state index in [-0.39, 0.29) is 0 Å². The second-order valence-electron chi connectivity index (χ2n) is 3.51. The molecule has 14 heavy (non-hydrogen) atoms. The van der Waals surface area contributed by atoms with Crippen molar-refractivity contribution >= 4 is 5.69 Å². The Morgan fingerprint density at radius 1 is 1.21 bits per heavy atom. The Balaban J connectivity index is 2.41. The molecule has 0 amide bonds. The molecule has 0 saturated heterocycles. The average molecular weight is 190 g/mol. The molecular weight excluding hydrogens is 170 g/mol. The summed E-state index contributed by atoms with van der Waals surface area (Å²) >= 11 is 0. The predicted molar refractivity (Wildman–Crippen MR) is 63.5 cm³/mol. The van der Waals surface area contributed by atoms with Gasteiger partial charge in [-0.05, 0) is 24.5 Å². The Labute approximate surface area is 87.5 Å². The highest BCUT2D eigenvalue weighted by Crippen LogP contribution is 2.16. The van der Waals surface area contributed by atoms with Crippen LogP contribution in [-0.4, -0.2) is 6.54 Å². The number of rotatable bonds is 6. The van der Waals surface area contributed by atoms with E-state index in [1.807, 2.05) is 0 Å². The van der Waals surface area contributed by atoms with E-state index in [2.05, 4.69) is 49.9 Å². The minimum Gasteiger partial charge on any atom is -0.385 e. The molecule has 1 rings (SSSR count). The van der Waals surface area contributed by atoms with Crippen LogP contribution < -0.4 is 5.32 Å². The van der Waals surface area contributed by atoms with Crippen LogP contribution in [0.3, 0.4) is 0 Å². The van der Waals surface area contributed by atoms with Crippen LogP contribution in [0.4, 0.5) is 5.69 Å². The Bertz CT molecular complexity index is 255. The third kappa shape index (κ3) is 3.41. The van der Waals surface area contributed by atoms with Crippen LogP contribution in [0.2, 0.25) is 0 Å². The summed E-state index contributed by atoms with van der Waals surface area (Å²) in [6, 6.07) is 8.44. The Hall–Kier alpha value is -0.980. The van der Waals surface area contributed by atoms with Crippen LogP contribution in [0.15, 0.2) is 24.3 Å². The van der Waals surface area contributed by atoms with Crippen molar-refractivity contribution in [3.8, 4) is 0 Å². The molecule has 0 heterocycles. The molecule has 0 saturated carbocycles. The molecule has 0 bridgehead atoms. The van der Waals surface area contributed by atoms with E-state index in [9.17, 15) is 0 Å². The van der Waals surface area contributed by atoms with E-state index < -0.39 is 0 Å². The van der Waals surface area contributed by atoms with E-state index in [1.54, 1.807) is 0 Å². The van der Waals surface area contributed by atoms with Crippen molar-refractivity contribution < 1.29 is 0 Å². The lowest BCUT2D eigenvalue weighted by molar-refractivity contribution is 0.743. The molecule has 0 unspecified atom stereocenters. The lowest BCUT2D eigenvalue weighted by Gasteiger charge is -2.09. The fourth-order valence-corrected chi connectivity index (χ4v) is 1.51. The van der Waals surface area contributed by atoms with Gasteiger partial charge in [-0.1, -0.05) is 44.9 Å². The number of anilines is 1. The highest BCUT2D eigenvalue weighted by Gasteiger charge is 1.97. The highest BCUT2D eigenvalue weighted by molar-refractivity contribution is 5.53. The summed E-state index contributed by atoms with van der Waals surface area (Å²) in [7, 11) is 0. The summed E-state index contributed by atoms with van der Waals surface area (Å²) in [5.74, 6) is 0. The van der Waals surface area contributed by atoms with Crippen molar-refractivity contribution in [2.45, 2.75) is 33.1 Å². The van der Waals surface area contributed by atoms with Crippen molar-refractivity contribution in [2.75, 3.05) is 11.9 Å². The van der Waals surface area contributed by atoms with Crippen molar-refractivity contribution in [2.24, 2.45) is 0 Å². The van der Waals surface area contributed by atoms with Gasteiger partial charge >= 0.3 is 0 Å². The lowest BCUT2D eigenvalue weighted by Crippen LogP contribution is -2.03. The predicted octanol–water partition coefficient (Wildman–Crippen LogP) is 3.86. The third-order valence-electron chi connectivity index (χ3n) is 2.37. The summed E-state index contributed by atoms with van der Waals surface area (Å²) in [4.78, 5) is 0. The fraction of sp³-hybridized carbons (Fsp3) is 0.462. The van der Waals surface area contributed by atoms with Crippen molar-refractivity contribution in [1.82, 2.24) is 0 Å². The maximum absolute atomic E-state index is 3.47. The summed E-state index contributed by atoms with van der Waals surface area (Å²) < 4.78 is 0. The van der Waals surface area contributed by atoms with Crippen molar-refractivity contribution in [3.63, 3.8) is 0 Å². The second kappa shape index (κ2) is 6.47. The average Bonchev–Trinajstić information content (AvgIpc) is 2.25. The van der Waals surface area contributed by atoms with E-state index in [0.29, 0.717) is 0 Å². The van der Waals surface area contributed by atoms with Gasteiger partial charge in [0.25, 0.3) is 0 Å². The minimum absolute atomic E-state index is 1.08. The number of nitrogens with one attached hydrogen (secondary N) is 1. The monoisotopic (exact) mass is 190 g/mol. The molecule has 0 spiro atoms. The smallest absolute Gasteiger partial charge is 0.0375 e. The van der Waals surface area contributed by atoms with E-state index >= 15 is 0 Å². The number of benzene rings is 1. The zero-order valence-corrected chi connectivity index (χ0v) is 9.22. The van der Waals surface area contributed by atoms with Crippen LogP contribution in [0.5, 0.6) is 0 Å². The first-order valence-corrected chi connectivity index (χ1v) is 5.50. The van der Waals surface area contributed by atoms with Crippen LogP contribution in [0.25, 0.3) is 0 Å². The lowest BCUT2D eigenvalue weighted by atomic mass is 10.1. The van der Waals surface area contributed by atoms with Gasteiger partial charge in [0.1, 0.15) is 0 Å². The minimum atomic E-state index is 1.08. The first-order chi connectivity index (χ1) is 6.88. The van der Waals surface area contributed by atoms with Gasteiger partial charge in [0.05, 0.1) is 0 Å². The van der Waals surface area contributed by atoms with Crippen molar-refractivity contribution in [3.05, 3.63) is 36.2 Å². The summed E-state index contributed by atoms with van der Waals surface area (Å²) in [6.45, 7) is 5.39. The van der Waals surface area contributed by atoms with Gasteiger partial charge in [-0.2, -0.15) is 0 Å². The standard InChI is InChI=1S/C13H20N/c1-3-5-8-11-14-13-10-7-6-9-12(13)4-2/h4,6-7,9-10,14H,3,5,8,11H2,1-2H3. The molecule has 0 aromatic heterocycles. The van der Waals surface area contributed by atoms with E-state index in [0.717, 1.165) is 6.54 Å². The molecule has 0 atom stereocenters. The molecule has 0 aliphatic carbocycles. The molecule has 0 fully saturated rings. The molecule has 1 radical (unpaired) electrons. The molecule has 77 valence electrons.